The van der Waals surface area contributed by atoms with Gasteiger partial charge in [-0.25, -0.2) is 0 Å². The average molecular weight is 340 g/mol. The summed E-state index contributed by atoms with van der Waals surface area (Å²) in [7, 11) is 0. The van der Waals surface area contributed by atoms with Crippen molar-refractivity contribution in [2.45, 2.75) is 45.1 Å². The van der Waals surface area contributed by atoms with Crippen LogP contribution in [0.1, 0.15) is 39.0 Å². The molecular weight excluding hydrogens is 314 g/mol. The Balaban J connectivity index is 1.63. The van der Waals surface area contributed by atoms with Crippen LogP contribution in [0, 0.1) is 0 Å². The number of likely N-dealkylation sites (tertiary alicyclic amines) is 1. The highest BCUT2D eigenvalue weighted by atomic mass is 35.5. The van der Waals surface area contributed by atoms with Crippen molar-refractivity contribution in [1.29, 1.82) is 0 Å². The lowest BCUT2D eigenvalue weighted by Crippen LogP contribution is -2.40. The zero-order chi connectivity index (χ0) is 15.8. The van der Waals surface area contributed by atoms with Gasteiger partial charge in [0.25, 0.3) is 0 Å². The van der Waals surface area contributed by atoms with Crippen LogP contribution in [0.25, 0.3) is 0 Å². The molecule has 1 aromatic rings. The molecule has 1 aromatic carbocycles. The van der Waals surface area contributed by atoms with Crippen molar-refractivity contribution in [2.24, 2.45) is 0 Å². The minimum Gasteiger partial charge on any atom is -0.362 e. The molecule has 0 bridgehead atoms. The zero-order valence-electron chi connectivity index (χ0n) is 13.3. The van der Waals surface area contributed by atoms with Crippen molar-refractivity contribution in [1.82, 2.24) is 10.2 Å². The van der Waals surface area contributed by atoms with E-state index < -0.39 is 0 Å². The van der Waals surface area contributed by atoms with Crippen LogP contribution in [-0.2, 0) is 0 Å². The fourth-order valence-electron chi connectivity index (χ4n) is 3.01. The molecule has 0 aromatic heterocycles. The van der Waals surface area contributed by atoms with E-state index in [1.165, 1.54) is 32.2 Å². The smallest absolute Gasteiger partial charge is 0.170 e. The Morgan fingerprint density at radius 1 is 1.32 bits per heavy atom. The van der Waals surface area contributed by atoms with E-state index in [1.807, 2.05) is 24.3 Å². The van der Waals surface area contributed by atoms with E-state index in [0.29, 0.717) is 5.11 Å². The topological polar surface area (TPSA) is 27.3 Å². The van der Waals surface area contributed by atoms with Crippen molar-refractivity contribution < 1.29 is 0 Å². The first-order valence-electron chi connectivity index (χ1n) is 8.23. The summed E-state index contributed by atoms with van der Waals surface area (Å²) in [5.74, 6) is 0. The molecule has 22 heavy (non-hydrogen) atoms. The third-order valence-electron chi connectivity index (χ3n) is 4.23. The highest BCUT2D eigenvalue weighted by Gasteiger charge is 2.19. The van der Waals surface area contributed by atoms with Gasteiger partial charge in [0.15, 0.2) is 5.11 Å². The molecule has 122 valence electrons. The van der Waals surface area contributed by atoms with E-state index in [2.05, 4.69) is 22.5 Å². The molecular formula is C17H26ClN3S. The summed E-state index contributed by atoms with van der Waals surface area (Å²) in [5.41, 5.74) is 0.962. The quantitative estimate of drug-likeness (QED) is 0.597. The van der Waals surface area contributed by atoms with Crippen LogP contribution in [0.2, 0.25) is 5.02 Å². The highest BCUT2D eigenvalue weighted by Crippen LogP contribution is 2.19. The predicted molar refractivity (Wildman–Crippen MR) is 99.8 cm³/mol. The Morgan fingerprint density at radius 2 is 2.09 bits per heavy atom. The molecule has 1 saturated heterocycles. The van der Waals surface area contributed by atoms with E-state index in [4.69, 9.17) is 23.8 Å². The SMILES string of the molecule is CCC1CCCCN1CCCNC(=S)Nc1ccc(Cl)cc1. The van der Waals surface area contributed by atoms with Gasteiger partial charge in [0.1, 0.15) is 0 Å². The molecule has 1 fully saturated rings. The van der Waals surface area contributed by atoms with Crippen molar-refractivity contribution in [3.8, 4) is 0 Å². The third kappa shape index (κ3) is 5.75. The monoisotopic (exact) mass is 339 g/mol. The first-order chi connectivity index (χ1) is 10.7. The van der Waals surface area contributed by atoms with E-state index in [0.717, 1.165) is 36.3 Å². The Labute approximate surface area is 144 Å². The standard InChI is InChI=1S/C17H26ClN3S/c1-2-16-6-3-4-12-21(16)13-5-11-19-17(22)20-15-9-7-14(18)8-10-15/h7-10,16H,2-6,11-13H2,1H3,(H2,19,20,22). The molecule has 0 radical (unpaired) electrons. The fourth-order valence-corrected chi connectivity index (χ4v) is 3.36. The summed E-state index contributed by atoms with van der Waals surface area (Å²) >= 11 is 11.2. The Kier molecular flexibility index (Phi) is 7.43. The zero-order valence-corrected chi connectivity index (χ0v) is 14.8. The first-order valence-corrected chi connectivity index (χ1v) is 9.02. The van der Waals surface area contributed by atoms with Crippen LogP contribution in [0.5, 0.6) is 0 Å². The molecule has 0 amide bonds. The second-order valence-electron chi connectivity index (χ2n) is 5.84. The molecule has 3 nitrogen and oxygen atoms in total. The van der Waals surface area contributed by atoms with Crippen molar-refractivity contribution in [3.63, 3.8) is 0 Å². The van der Waals surface area contributed by atoms with Crippen LogP contribution in [0.15, 0.2) is 24.3 Å². The van der Waals surface area contributed by atoms with Crippen molar-refractivity contribution in [3.05, 3.63) is 29.3 Å². The third-order valence-corrected chi connectivity index (χ3v) is 4.73. The summed E-state index contributed by atoms with van der Waals surface area (Å²) in [6.07, 6.45) is 6.49. The lowest BCUT2D eigenvalue weighted by atomic mass is 10.00. The molecule has 2 N–H and O–H groups in total. The maximum absolute atomic E-state index is 5.87. The van der Waals surface area contributed by atoms with Crippen molar-refractivity contribution >= 4 is 34.6 Å². The molecule has 0 saturated carbocycles. The van der Waals surface area contributed by atoms with E-state index >= 15 is 0 Å². The van der Waals surface area contributed by atoms with Crippen molar-refractivity contribution in [2.75, 3.05) is 25.0 Å². The van der Waals surface area contributed by atoms with Gasteiger partial charge in [0.05, 0.1) is 0 Å². The van der Waals surface area contributed by atoms with Gasteiger partial charge >= 0.3 is 0 Å². The maximum Gasteiger partial charge on any atom is 0.170 e. The molecule has 1 unspecified atom stereocenters. The molecule has 1 heterocycles. The molecule has 2 rings (SSSR count). The summed E-state index contributed by atoms with van der Waals surface area (Å²) in [6.45, 7) is 5.62. The Morgan fingerprint density at radius 3 is 2.82 bits per heavy atom. The van der Waals surface area contributed by atoms with Crippen LogP contribution < -0.4 is 10.6 Å². The minimum absolute atomic E-state index is 0.674. The van der Waals surface area contributed by atoms with Gasteiger partial charge in [-0.15, -0.1) is 0 Å². The highest BCUT2D eigenvalue weighted by molar-refractivity contribution is 7.80. The number of anilines is 1. The number of halogens is 1. The number of nitrogens with zero attached hydrogens (tertiary/aromatic N) is 1. The number of thiocarbonyl (C=S) groups is 1. The van der Waals surface area contributed by atoms with E-state index in [1.54, 1.807) is 0 Å². The van der Waals surface area contributed by atoms with Gasteiger partial charge in [-0.2, -0.15) is 0 Å². The Hall–Kier alpha value is -0.840. The minimum atomic E-state index is 0.674. The largest absolute Gasteiger partial charge is 0.362 e. The van der Waals surface area contributed by atoms with E-state index in [-0.39, 0.29) is 0 Å². The molecule has 1 aliphatic rings. The first kappa shape index (κ1) is 17.5. The van der Waals surface area contributed by atoms with Gasteiger partial charge in [-0.3, -0.25) is 0 Å². The predicted octanol–water partition coefficient (Wildman–Crippen LogP) is 4.28. The van der Waals surface area contributed by atoms with Gasteiger partial charge in [-0.1, -0.05) is 24.9 Å². The van der Waals surface area contributed by atoms with Crippen LogP contribution in [0.4, 0.5) is 5.69 Å². The summed E-state index contributed by atoms with van der Waals surface area (Å²) in [6, 6.07) is 8.35. The number of hydrogen-bond acceptors (Lipinski definition) is 2. The number of rotatable bonds is 6. The normalized spacial score (nSPS) is 18.9. The molecule has 5 heteroatoms. The van der Waals surface area contributed by atoms with Gasteiger partial charge in [0, 0.05) is 29.8 Å². The molecule has 1 atom stereocenters. The second kappa shape index (κ2) is 9.33. The number of hydrogen-bond donors (Lipinski definition) is 2. The average Bonchev–Trinajstić information content (AvgIpc) is 2.54. The number of piperidine rings is 1. The summed E-state index contributed by atoms with van der Waals surface area (Å²) in [5, 5.41) is 7.86. The molecule has 1 aliphatic heterocycles. The Bertz CT molecular complexity index is 463. The van der Waals surface area contributed by atoms with E-state index in [9.17, 15) is 0 Å². The van der Waals surface area contributed by atoms with Gasteiger partial charge in [0.2, 0.25) is 0 Å². The lowest BCUT2D eigenvalue weighted by molar-refractivity contribution is 0.143. The van der Waals surface area contributed by atoms with Gasteiger partial charge in [-0.05, 0) is 68.7 Å². The molecule has 0 aliphatic carbocycles. The van der Waals surface area contributed by atoms with Crippen LogP contribution >= 0.6 is 23.8 Å². The van der Waals surface area contributed by atoms with Gasteiger partial charge < -0.3 is 15.5 Å². The molecule has 0 spiro atoms. The fraction of sp³-hybridized carbons (Fsp3) is 0.588. The summed E-state index contributed by atoms with van der Waals surface area (Å²) in [4.78, 5) is 2.64. The summed E-state index contributed by atoms with van der Waals surface area (Å²) < 4.78 is 0. The second-order valence-corrected chi connectivity index (χ2v) is 6.68. The van der Waals surface area contributed by atoms with Crippen LogP contribution in [-0.4, -0.2) is 35.7 Å². The number of benzene rings is 1. The number of nitrogens with one attached hydrogen (secondary N) is 2. The van der Waals surface area contributed by atoms with Crippen LogP contribution in [0.3, 0.4) is 0 Å². The maximum atomic E-state index is 5.87. The lowest BCUT2D eigenvalue weighted by Gasteiger charge is -2.35.